The molecule has 0 saturated heterocycles. The molecule has 2 aromatic rings. The molecule has 3 nitrogen and oxygen atoms in total. The zero-order valence-corrected chi connectivity index (χ0v) is 11.3. The van der Waals surface area contributed by atoms with Crippen molar-refractivity contribution < 1.29 is 9.47 Å². The SMILES string of the molecule is COc1c(OCc2ccccc2)cccc1C(C)N. The fourth-order valence-electron chi connectivity index (χ4n) is 1.96. The van der Waals surface area contributed by atoms with Gasteiger partial charge in [-0.3, -0.25) is 0 Å². The molecule has 0 fully saturated rings. The van der Waals surface area contributed by atoms with E-state index in [1.54, 1.807) is 7.11 Å². The number of rotatable bonds is 5. The molecule has 0 radical (unpaired) electrons. The van der Waals surface area contributed by atoms with Gasteiger partial charge in [0.25, 0.3) is 0 Å². The van der Waals surface area contributed by atoms with Crippen LogP contribution >= 0.6 is 0 Å². The van der Waals surface area contributed by atoms with Gasteiger partial charge in [-0.1, -0.05) is 42.5 Å². The standard InChI is InChI=1S/C16H19NO2/c1-12(17)14-9-6-10-15(16(14)18-2)19-11-13-7-4-3-5-8-13/h3-10,12H,11,17H2,1-2H3. The first-order chi connectivity index (χ1) is 9.22. The molecule has 0 saturated carbocycles. The summed E-state index contributed by atoms with van der Waals surface area (Å²) in [5, 5.41) is 0. The molecule has 100 valence electrons. The number of hydrogen-bond acceptors (Lipinski definition) is 3. The molecule has 0 aromatic heterocycles. The number of hydrogen-bond donors (Lipinski definition) is 1. The Labute approximate surface area is 114 Å². The molecule has 0 amide bonds. The normalized spacial score (nSPS) is 11.9. The third-order valence-electron chi connectivity index (χ3n) is 2.94. The van der Waals surface area contributed by atoms with Crippen LogP contribution in [0.15, 0.2) is 48.5 Å². The van der Waals surface area contributed by atoms with Gasteiger partial charge in [-0.25, -0.2) is 0 Å². The lowest BCUT2D eigenvalue weighted by molar-refractivity contribution is 0.282. The third kappa shape index (κ3) is 3.26. The van der Waals surface area contributed by atoms with Crippen LogP contribution in [0.1, 0.15) is 24.1 Å². The maximum atomic E-state index is 5.93. The fourth-order valence-corrected chi connectivity index (χ4v) is 1.96. The maximum absolute atomic E-state index is 5.93. The highest BCUT2D eigenvalue weighted by atomic mass is 16.5. The molecule has 19 heavy (non-hydrogen) atoms. The van der Waals surface area contributed by atoms with Crippen LogP contribution in [0.25, 0.3) is 0 Å². The van der Waals surface area contributed by atoms with Crippen molar-refractivity contribution in [1.82, 2.24) is 0 Å². The first-order valence-corrected chi connectivity index (χ1v) is 6.31. The van der Waals surface area contributed by atoms with Gasteiger partial charge in [0.1, 0.15) is 6.61 Å². The topological polar surface area (TPSA) is 44.5 Å². The van der Waals surface area contributed by atoms with Crippen LogP contribution in [0.5, 0.6) is 11.5 Å². The second-order valence-corrected chi connectivity index (χ2v) is 4.44. The van der Waals surface area contributed by atoms with E-state index in [0.717, 1.165) is 16.9 Å². The van der Waals surface area contributed by atoms with Gasteiger partial charge in [0, 0.05) is 11.6 Å². The number of para-hydroxylation sites is 1. The van der Waals surface area contributed by atoms with E-state index >= 15 is 0 Å². The second-order valence-electron chi connectivity index (χ2n) is 4.44. The Balaban J connectivity index is 2.18. The Morgan fingerprint density at radius 1 is 1.05 bits per heavy atom. The van der Waals surface area contributed by atoms with Gasteiger partial charge in [-0.2, -0.15) is 0 Å². The minimum atomic E-state index is -0.0878. The summed E-state index contributed by atoms with van der Waals surface area (Å²) < 4.78 is 11.2. The van der Waals surface area contributed by atoms with Crippen molar-refractivity contribution in [2.24, 2.45) is 5.73 Å². The molecule has 1 atom stereocenters. The van der Waals surface area contributed by atoms with Crippen LogP contribution in [0.4, 0.5) is 0 Å². The van der Waals surface area contributed by atoms with Gasteiger partial charge in [0.05, 0.1) is 7.11 Å². The highest BCUT2D eigenvalue weighted by Crippen LogP contribution is 2.34. The summed E-state index contributed by atoms with van der Waals surface area (Å²) in [7, 11) is 1.64. The van der Waals surface area contributed by atoms with E-state index in [1.165, 1.54) is 0 Å². The lowest BCUT2D eigenvalue weighted by Crippen LogP contribution is -2.08. The second kappa shape index (κ2) is 6.25. The Hall–Kier alpha value is -2.00. The van der Waals surface area contributed by atoms with Crippen molar-refractivity contribution in [3.63, 3.8) is 0 Å². The molecular weight excluding hydrogens is 238 g/mol. The quantitative estimate of drug-likeness (QED) is 0.893. The molecule has 2 rings (SSSR count). The van der Waals surface area contributed by atoms with Crippen molar-refractivity contribution in [2.45, 2.75) is 19.6 Å². The van der Waals surface area contributed by atoms with Crippen molar-refractivity contribution >= 4 is 0 Å². The zero-order chi connectivity index (χ0) is 13.7. The smallest absolute Gasteiger partial charge is 0.165 e. The number of ether oxygens (including phenoxy) is 2. The number of nitrogens with two attached hydrogens (primary N) is 1. The van der Waals surface area contributed by atoms with E-state index in [0.29, 0.717) is 12.4 Å². The fraction of sp³-hybridized carbons (Fsp3) is 0.250. The highest BCUT2D eigenvalue weighted by Gasteiger charge is 2.13. The minimum absolute atomic E-state index is 0.0878. The number of methoxy groups -OCH3 is 1. The van der Waals surface area contributed by atoms with Crippen molar-refractivity contribution in [3.05, 3.63) is 59.7 Å². The molecule has 0 spiro atoms. The third-order valence-corrected chi connectivity index (χ3v) is 2.94. The van der Waals surface area contributed by atoms with Gasteiger partial charge >= 0.3 is 0 Å². The molecule has 3 heteroatoms. The Kier molecular flexibility index (Phi) is 4.42. The molecule has 2 N–H and O–H groups in total. The summed E-state index contributed by atoms with van der Waals surface area (Å²) in [4.78, 5) is 0. The molecule has 0 aliphatic rings. The van der Waals surface area contributed by atoms with E-state index in [4.69, 9.17) is 15.2 Å². The van der Waals surface area contributed by atoms with Gasteiger partial charge in [-0.05, 0) is 18.6 Å². The Morgan fingerprint density at radius 2 is 1.79 bits per heavy atom. The summed E-state index contributed by atoms with van der Waals surface area (Å²) in [5.41, 5.74) is 8.00. The monoisotopic (exact) mass is 257 g/mol. The van der Waals surface area contributed by atoms with Crippen LogP contribution in [-0.2, 0) is 6.61 Å². The van der Waals surface area contributed by atoms with Gasteiger partial charge < -0.3 is 15.2 Å². The summed E-state index contributed by atoms with van der Waals surface area (Å²) >= 11 is 0. The van der Waals surface area contributed by atoms with Crippen LogP contribution in [-0.4, -0.2) is 7.11 Å². The average molecular weight is 257 g/mol. The Morgan fingerprint density at radius 3 is 2.42 bits per heavy atom. The van der Waals surface area contributed by atoms with Gasteiger partial charge in [0.2, 0.25) is 0 Å². The average Bonchev–Trinajstić information content (AvgIpc) is 2.45. The largest absolute Gasteiger partial charge is 0.493 e. The van der Waals surface area contributed by atoms with Crippen LogP contribution in [0.2, 0.25) is 0 Å². The molecule has 0 aliphatic heterocycles. The van der Waals surface area contributed by atoms with E-state index < -0.39 is 0 Å². The van der Waals surface area contributed by atoms with E-state index in [9.17, 15) is 0 Å². The number of benzene rings is 2. The molecule has 0 bridgehead atoms. The lowest BCUT2D eigenvalue weighted by Gasteiger charge is -2.16. The Bertz CT molecular complexity index is 524. The minimum Gasteiger partial charge on any atom is -0.493 e. The highest BCUT2D eigenvalue weighted by molar-refractivity contribution is 5.47. The molecule has 2 aromatic carbocycles. The predicted octanol–water partition coefficient (Wildman–Crippen LogP) is 3.29. The van der Waals surface area contributed by atoms with Gasteiger partial charge in [-0.15, -0.1) is 0 Å². The molecule has 1 unspecified atom stereocenters. The summed E-state index contributed by atoms with van der Waals surface area (Å²) in [5.74, 6) is 1.44. The van der Waals surface area contributed by atoms with Crippen LogP contribution < -0.4 is 15.2 Å². The lowest BCUT2D eigenvalue weighted by atomic mass is 10.1. The van der Waals surface area contributed by atoms with Gasteiger partial charge in [0.15, 0.2) is 11.5 Å². The maximum Gasteiger partial charge on any atom is 0.165 e. The van der Waals surface area contributed by atoms with E-state index in [2.05, 4.69) is 0 Å². The zero-order valence-electron chi connectivity index (χ0n) is 11.3. The first kappa shape index (κ1) is 13.4. The first-order valence-electron chi connectivity index (χ1n) is 6.31. The van der Waals surface area contributed by atoms with Crippen molar-refractivity contribution in [3.8, 4) is 11.5 Å². The van der Waals surface area contributed by atoms with Crippen LogP contribution in [0.3, 0.4) is 0 Å². The molecular formula is C16H19NO2. The van der Waals surface area contributed by atoms with Crippen molar-refractivity contribution in [1.29, 1.82) is 0 Å². The van der Waals surface area contributed by atoms with Crippen LogP contribution in [0, 0.1) is 0 Å². The summed E-state index contributed by atoms with van der Waals surface area (Å²) in [6, 6.07) is 15.7. The van der Waals surface area contributed by atoms with E-state index in [1.807, 2.05) is 55.5 Å². The predicted molar refractivity (Wildman–Crippen MR) is 76.4 cm³/mol. The summed E-state index contributed by atoms with van der Waals surface area (Å²) in [6.45, 7) is 2.44. The van der Waals surface area contributed by atoms with E-state index in [-0.39, 0.29) is 6.04 Å². The molecule has 0 aliphatic carbocycles. The molecule has 0 heterocycles. The summed E-state index contributed by atoms with van der Waals surface area (Å²) in [6.07, 6.45) is 0. The van der Waals surface area contributed by atoms with Crippen molar-refractivity contribution in [2.75, 3.05) is 7.11 Å².